The van der Waals surface area contributed by atoms with Crippen LogP contribution in [0.3, 0.4) is 0 Å². The third-order valence-corrected chi connectivity index (χ3v) is 9.66. The Morgan fingerprint density at radius 2 is 1.44 bits per heavy atom. The number of unbranched alkanes of at least 4 members (excludes halogenated alkanes) is 1. The van der Waals surface area contributed by atoms with E-state index in [0.29, 0.717) is 22.8 Å². The van der Waals surface area contributed by atoms with E-state index in [9.17, 15) is 18.0 Å². The van der Waals surface area contributed by atoms with Gasteiger partial charge < -0.3 is 10.2 Å². The van der Waals surface area contributed by atoms with E-state index in [-0.39, 0.29) is 23.8 Å². The van der Waals surface area contributed by atoms with Gasteiger partial charge in [-0.1, -0.05) is 97.7 Å². The molecular formula is C36H40ClN3O4S. The van der Waals surface area contributed by atoms with Gasteiger partial charge in [0.1, 0.15) is 12.6 Å². The van der Waals surface area contributed by atoms with E-state index in [2.05, 4.69) is 5.32 Å². The fraction of sp³-hybridized carbons (Fsp3) is 0.278. The first-order valence-corrected chi connectivity index (χ1v) is 16.9. The molecule has 0 radical (unpaired) electrons. The van der Waals surface area contributed by atoms with E-state index >= 15 is 0 Å². The molecule has 0 aromatic heterocycles. The number of rotatable bonds is 14. The van der Waals surface area contributed by atoms with Crippen LogP contribution in [-0.4, -0.2) is 44.3 Å². The molecule has 0 saturated carbocycles. The molecule has 0 fully saturated rings. The highest BCUT2D eigenvalue weighted by Crippen LogP contribution is 2.27. The minimum atomic E-state index is -4.16. The largest absolute Gasteiger partial charge is 0.354 e. The zero-order valence-corrected chi connectivity index (χ0v) is 27.5. The van der Waals surface area contributed by atoms with Gasteiger partial charge in [0.25, 0.3) is 10.0 Å². The van der Waals surface area contributed by atoms with Gasteiger partial charge in [-0.15, -0.1) is 0 Å². The Morgan fingerprint density at radius 1 is 0.844 bits per heavy atom. The molecule has 7 nitrogen and oxygen atoms in total. The zero-order chi connectivity index (χ0) is 32.4. The molecule has 236 valence electrons. The molecule has 2 amide bonds. The maximum Gasteiger partial charge on any atom is 0.264 e. The first-order chi connectivity index (χ1) is 21.6. The summed E-state index contributed by atoms with van der Waals surface area (Å²) in [6.45, 7) is 5.76. The Morgan fingerprint density at radius 3 is 2.07 bits per heavy atom. The van der Waals surface area contributed by atoms with Crippen LogP contribution in [0.15, 0.2) is 108 Å². The molecule has 0 aliphatic heterocycles. The average Bonchev–Trinajstić information content (AvgIpc) is 3.02. The topological polar surface area (TPSA) is 86.8 Å². The van der Waals surface area contributed by atoms with Crippen molar-refractivity contribution in [3.63, 3.8) is 0 Å². The molecule has 4 aromatic rings. The predicted molar refractivity (Wildman–Crippen MR) is 181 cm³/mol. The standard InChI is InChI=1S/C36H40ClN3O4S/c1-4-5-20-38-36(42)34(24-29-14-8-6-9-15-29)39(25-30-16-12-13-19-33(30)37)35(41)26-40(31-22-27(2)21-28(3)23-31)45(43,44)32-17-10-7-11-18-32/h6-19,21-23,34H,4-5,20,24-26H2,1-3H3,(H,38,42)/t34-/m1/s1. The monoisotopic (exact) mass is 645 g/mol. The van der Waals surface area contributed by atoms with Crippen LogP contribution < -0.4 is 9.62 Å². The summed E-state index contributed by atoms with van der Waals surface area (Å²) < 4.78 is 29.4. The minimum absolute atomic E-state index is 0.0171. The molecule has 1 atom stereocenters. The first kappa shape index (κ1) is 33.7. The number of hydrogen-bond acceptors (Lipinski definition) is 4. The van der Waals surface area contributed by atoms with Gasteiger partial charge in [-0.25, -0.2) is 8.42 Å². The molecule has 45 heavy (non-hydrogen) atoms. The summed E-state index contributed by atoms with van der Waals surface area (Å²) in [7, 11) is -4.16. The maximum absolute atomic E-state index is 14.6. The number of nitrogens with zero attached hydrogens (tertiary/aromatic N) is 2. The highest BCUT2D eigenvalue weighted by atomic mass is 35.5. The predicted octanol–water partition coefficient (Wildman–Crippen LogP) is 6.71. The van der Waals surface area contributed by atoms with Crippen LogP contribution in [0.4, 0.5) is 5.69 Å². The summed E-state index contributed by atoms with van der Waals surface area (Å²) in [5.41, 5.74) is 3.60. The number of hydrogen-bond donors (Lipinski definition) is 1. The molecule has 0 unspecified atom stereocenters. The fourth-order valence-corrected chi connectivity index (χ4v) is 6.83. The van der Waals surface area contributed by atoms with Crippen molar-refractivity contribution in [1.82, 2.24) is 10.2 Å². The lowest BCUT2D eigenvalue weighted by Crippen LogP contribution is -2.53. The van der Waals surface area contributed by atoms with Crippen LogP contribution in [-0.2, 0) is 32.6 Å². The number of nitrogens with one attached hydrogen (secondary N) is 1. The van der Waals surface area contributed by atoms with Crippen molar-refractivity contribution in [3.8, 4) is 0 Å². The van der Waals surface area contributed by atoms with E-state index in [0.717, 1.165) is 33.8 Å². The number of anilines is 1. The van der Waals surface area contributed by atoms with Gasteiger partial charge in [0.15, 0.2) is 0 Å². The van der Waals surface area contributed by atoms with E-state index in [1.807, 2.05) is 63.2 Å². The quantitative estimate of drug-likeness (QED) is 0.155. The molecule has 4 rings (SSSR count). The minimum Gasteiger partial charge on any atom is -0.354 e. The lowest BCUT2D eigenvalue weighted by molar-refractivity contribution is -0.140. The summed E-state index contributed by atoms with van der Waals surface area (Å²) in [6, 6.07) is 29.2. The van der Waals surface area contributed by atoms with Gasteiger partial charge >= 0.3 is 0 Å². The summed E-state index contributed by atoms with van der Waals surface area (Å²) in [6.07, 6.45) is 1.93. The highest BCUT2D eigenvalue weighted by molar-refractivity contribution is 7.92. The number of carbonyl (C=O) groups excluding carboxylic acids is 2. The second-order valence-electron chi connectivity index (χ2n) is 11.1. The molecule has 0 aliphatic carbocycles. The van der Waals surface area contributed by atoms with Crippen LogP contribution in [0.1, 0.15) is 42.0 Å². The smallest absolute Gasteiger partial charge is 0.264 e. The SMILES string of the molecule is CCCCNC(=O)[C@@H](Cc1ccccc1)N(Cc1ccccc1Cl)C(=O)CN(c1cc(C)cc(C)c1)S(=O)(=O)c1ccccc1. The Hall–Kier alpha value is -4.14. The molecule has 1 N–H and O–H groups in total. The molecule has 9 heteroatoms. The molecule has 0 heterocycles. The lowest BCUT2D eigenvalue weighted by atomic mass is 10.0. The Labute approximate surface area is 271 Å². The van der Waals surface area contributed by atoms with Gasteiger partial charge in [0, 0.05) is 24.5 Å². The summed E-state index contributed by atoms with van der Waals surface area (Å²) >= 11 is 6.56. The van der Waals surface area contributed by atoms with E-state index in [4.69, 9.17) is 11.6 Å². The van der Waals surface area contributed by atoms with E-state index < -0.39 is 28.5 Å². The molecule has 4 aromatic carbocycles. The van der Waals surface area contributed by atoms with Crippen molar-refractivity contribution in [2.45, 2.75) is 57.5 Å². The second kappa shape index (κ2) is 15.7. The normalized spacial score (nSPS) is 11.9. The van der Waals surface area contributed by atoms with E-state index in [1.165, 1.54) is 17.0 Å². The van der Waals surface area contributed by atoms with Crippen LogP contribution in [0.2, 0.25) is 5.02 Å². The van der Waals surface area contributed by atoms with Crippen molar-refractivity contribution in [3.05, 3.63) is 130 Å². The van der Waals surface area contributed by atoms with Gasteiger partial charge in [-0.05, 0) is 72.9 Å². The Balaban J connectivity index is 1.81. The maximum atomic E-state index is 14.6. The fourth-order valence-electron chi connectivity index (χ4n) is 5.21. The lowest BCUT2D eigenvalue weighted by Gasteiger charge is -2.34. The van der Waals surface area contributed by atoms with Crippen LogP contribution >= 0.6 is 11.6 Å². The van der Waals surface area contributed by atoms with Gasteiger partial charge in [0.05, 0.1) is 10.6 Å². The van der Waals surface area contributed by atoms with Crippen molar-refractivity contribution in [2.24, 2.45) is 0 Å². The molecular weight excluding hydrogens is 606 g/mol. The number of amides is 2. The summed E-state index contributed by atoms with van der Waals surface area (Å²) in [5, 5.41) is 3.45. The molecule has 0 aliphatic rings. The van der Waals surface area contributed by atoms with E-state index in [1.54, 1.807) is 48.5 Å². The number of carbonyl (C=O) groups is 2. The highest BCUT2D eigenvalue weighted by Gasteiger charge is 2.35. The summed E-state index contributed by atoms with van der Waals surface area (Å²) in [5.74, 6) is -0.836. The van der Waals surface area contributed by atoms with Crippen molar-refractivity contribution >= 4 is 39.1 Å². The second-order valence-corrected chi connectivity index (χ2v) is 13.4. The van der Waals surface area contributed by atoms with Crippen LogP contribution in [0, 0.1) is 13.8 Å². The van der Waals surface area contributed by atoms with Crippen molar-refractivity contribution in [1.29, 1.82) is 0 Å². The number of aryl methyl sites for hydroxylation is 2. The van der Waals surface area contributed by atoms with Gasteiger partial charge in [0.2, 0.25) is 11.8 Å². The molecule has 0 saturated heterocycles. The summed E-state index contributed by atoms with van der Waals surface area (Å²) in [4.78, 5) is 29.9. The number of benzene rings is 4. The average molecular weight is 646 g/mol. The Bertz CT molecular complexity index is 1680. The number of sulfonamides is 1. The van der Waals surface area contributed by atoms with Gasteiger partial charge in [-0.2, -0.15) is 0 Å². The van der Waals surface area contributed by atoms with Crippen LogP contribution in [0.5, 0.6) is 0 Å². The zero-order valence-electron chi connectivity index (χ0n) is 25.9. The van der Waals surface area contributed by atoms with Crippen molar-refractivity contribution in [2.75, 3.05) is 17.4 Å². The third-order valence-electron chi connectivity index (χ3n) is 7.50. The molecule has 0 bridgehead atoms. The van der Waals surface area contributed by atoms with Gasteiger partial charge in [-0.3, -0.25) is 13.9 Å². The third kappa shape index (κ3) is 8.96. The van der Waals surface area contributed by atoms with Crippen molar-refractivity contribution < 1.29 is 18.0 Å². The number of halogens is 1. The van der Waals surface area contributed by atoms with Crippen LogP contribution in [0.25, 0.3) is 0 Å². The molecule has 0 spiro atoms. The first-order valence-electron chi connectivity index (χ1n) is 15.1. The Kier molecular flexibility index (Phi) is 11.8.